The van der Waals surface area contributed by atoms with Crippen molar-refractivity contribution in [1.29, 1.82) is 0 Å². The third kappa shape index (κ3) is 5.37. The van der Waals surface area contributed by atoms with Crippen LogP contribution in [0.5, 0.6) is 0 Å². The second kappa shape index (κ2) is 7.98. The molecular formula is C18H15F3N4O2. The monoisotopic (exact) mass is 376 g/mol. The van der Waals surface area contributed by atoms with E-state index in [1.165, 1.54) is 0 Å². The normalized spacial score (nSPS) is 11.4. The SMILES string of the molecule is O=C(CCC(F)(F)F)Nc1ccccc1Cc1nc(-c2cccnc2)no1. The third-order valence-electron chi connectivity index (χ3n) is 3.66. The Labute approximate surface area is 152 Å². The van der Waals surface area contributed by atoms with Gasteiger partial charge in [-0.25, -0.2) is 0 Å². The molecule has 0 aliphatic heterocycles. The molecule has 0 saturated heterocycles. The van der Waals surface area contributed by atoms with Gasteiger partial charge in [0, 0.05) is 30.1 Å². The van der Waals surface area contributed by atoms with Gasteiger partial charge in [0.15, 0.2) is 0 Å². The van der Waals surface area contributed by atoms with E-state index in [9.17, 15) is 18.0 Å². The molecule has 3 aromatic rings. The van der Waals surface area contributed by atoms with Gasteiger partial charge < -0.3 is 9.84 Å². The number of carbonyl (C=O) groups is 1. The maximum Gasteiger partial charge on any atom is 0.389 e. The molecule has 0 radical (unpaired) electrons. The van der Waals surface area contributed by atoms with Crippen LogP contribution in [0.1, 0.15) is 24.3 Å². The van der Waals surface area contributed by atoms with Gasteiger partial charge in [0.05, 0.1) is 12.8 Å². The Morgan fingerprint density at radius 3 is 2.70 bits per heavy atom. The number of hydrogen-bond acceptors (Lipinski definition) is 5. The van der Waals surface area contributed by atoms with Gasteiger partial charge in [0.25, 0.3) is 0 Å². The first-order valence-corrected chi connectivity index (χ1v) is 8.08. The van der Waals surface area contributed by atoms with Crippen molar-refractivity contribution in [2.45, 2.75) is 25.4 Å². The Balaban J connectivity index is 1.69. The topological polar surface area (TPSA) is 80.9 Å². The number of para-hydroxylation sites is 1. The summed E-state index contributed by atoms with van der Waals surface area (Å²) < 4.78 is 42.0. The van der Waals surface area contributed by atoms with E-state index in [1.807, 2.05) is 0 Å². The molecule has 0 saturated carbocycles. The van der Waals surface area contributed by atoms with Gasteiger partial charge in [-0.1, -0.05) is 23.4 Å². The first kappa shape index (κ1) is 18.6. The number of anilines is 1. The lowest BCUT2D eigenvalue weighted by Crippen LogP contribution is -2.17. The quantitative estimate of drug-likeness (QED) is 0.703. The summed E-state index contributed by atoms with van der Waals surface area (Å²) in [5.74, 6) is -0.0167. The van der Waals surface area contributed by atoms with Crippen LogP contribution >= 0.6 is 0 Å². The number of pyridine rings is 1. The summed E-state index contributed by atoms with van der Waals surface area (Å²) in [5, 5.41) is 6.39. The van der Waals surface area contributed by atoms with Crippen LogP contribution in [-0.2, 0) is 11.2 Å². The summed E-state index contributed by atoms with van der Waals surface area (Å²) in [6, 6.07) is 10.3. The minimum absolute atomic E-state index is 0.225. The Kier molecular flexibility index (Phi) is 5.49. The molecule has 2 heterocycles. The van der Waals surface area contributed by atoms with Crippen LogP contribution in [-0.4, -0.2) is 27.2 Å². The summed E-state index contributed by atoms with van der Waals surface area (Å²) in [7, 11) is 0. The summed E-state index contributed by atoms with van der Waals surface area (Å²) in [6.45, 7) is 0. The molecule has 1 aromatic carbocycles. The van der Waals surface area contributed by atoms with Crippen LogP contribution in [0.25, 0.3) is 11.4 Å². The van der Waals surface area contributed by atoms with Crippen LogP contribution in [0.4, 0.5) is 18.9 Å². The fourth-order valence-corrected chi connectivity index (χ4v) is 2.37. The lowest BCUT2D eigenvalue weighted by Gasteiger charge is -2.10. The zero-order valence-corrected chi connectivity index (χ0v) is 14.0. The van der Waals surface area contributed by atoms with E-state index in [4.69, 9.17) is 4.52 Å². The number of halogens is 3. The van der Waals surface area contributed by atoms with Crippen LogP contribution in [0.15, 0.2) is 53.3 Å². The van der Waals surface area contributed by atoms with Gasteiger partial charge in [-0.3, -0.25) is 9.78 Å². The molecule has 0 aliphatic rings. The first-order valence-electron chi connectivity index (χ1n) is 8.08. The molecule has 0 fully saturated rings. The zero-order chi connectivity index (χ0) is 19.3. The molecule has 6 nitrogen and oxygen atoms in total. The molecule has 0 aliphatic carbocycles. The highest BCUT2D eigenvalue weighted by Crippen LogP contribution is 2.23. The Hall–Kier alpha value is -3.23. The molecule has 3 rings (SSSR count). The van der Waals surface area contributed by atoms with Crippen molar-refractivity contribution in [1.82, 2.24) is 15.1 Å². The molecule has 2 aromatic heterocycles. The Morgan fingerprint density at radius 2 is 1.96 bits per heavy atom. The van der Waals surface area contributed by atoms with Crippen molar-refractivity contribution in [3.63, 3.8) is 0 Å². The lowest BCUT2D eigenvalue weighted by molar-refractivity contribution is -0.142. The fourth-order valence-electron chi connectivity index (χ4n) is 2.37. The van der Waals surface area contributed by atoms with E-state index in [-0.39, 0.29) is 6.42 Å². The van der Waals surface area contributed by atoms with Crippen molar-refractivity contribution in [3.05, 3.63) is 60.2 Å². The van der Waals surface area contributed by atoms with E-state index in [0.717, 1.165) is 0 Å². The molecule has 1 N–H and O–H groups in total. The number of carbonyl (C=O) groups excluding carboxylic acids is 1. The molecule has 140 valence electrons. The number of alkyl halides is 3. The average Bonchev–Trinajstić information content (AvgIpc) is 3.10. The fraction of sp³-hybridized carbons (Fsp3) is 0.222. The highest BCUT2D eigenvalue weighted by atomic mass is 19.4. The lowest BCUT2D eigenvalue weighted by atomic mass is 10.1. The number of nitrogens with one attached hydrogen (secondary N) is 1. The molecule has 0 unspecified atom stereocenters. The maximum atomic E-state index is 12.3. The van der Waals surface area contributed by atoms with Gasteiger partial charge in [-0.2, -0.15) is 18.2 Å². The van der Waals surface area contributed by atoms with Crippen LogP contribution in [0.2, 0.25) is 0 Å². The van der Waals surface area contributed by atoms with Crippen LogP contribution in [0.3, 0.4) is 0 Å². The van der Waals surface area contributed by atoms with E-state index in [2.05, 4.69) is 20.4 Å². The van der Waals surface area contributed by atoms with Crippen molar-refractivity contribution in [3.8, 4) is 11.4 Å². The number of nitrogens with zero attached hydrogens (tertiary/aromatic N) is 3. The van der Waals surface area contributed by atoms with Crippen molar-refractivity contribution in [2.24, 2.45) is 0 Å². The number of aromatic nitrogens is 3. The van der Waals surface area contributed by atoms with Crippen molar-refractivity contribution < 1.29 is 22.5 Å². The van der Waals surface area contributed by atoms with Crippen molar-refractivity contribution >= 4 is 11.6 Å². The number of benzene rings is 1. The predicted molar refractivity (Wildman–Crippen MR) is 90.7 cm³/mol. The molecule has 1 amide bonds. The average molecular weight is 376 g/mol. The second-order valence-corrected chi connectivity index (χ2v) is 5.75. The maximum absolute atomic E-state index is 12.3. The van der Waals surface area contributed by atoms with E-state index < -0.39 is 24.9 Å². The summed E-state index contributed by atoms with van der Waals surface area (Å²) >= 11 is 0. The van der Waals surface area contributed by atoms with Crippen molar-refractivity contribution in [2.75, 3.05) is 5.32 Å². The Bertz CT molecular complexity index is 910. The number of amides is 1. The molecule has 0 atom stereocenters. The van der Waals surface area contributed by atoms with Gasteiger partial charge >= 0.3 is 6.18 Å². The molecule has 27 heavy (non-hydrogen) atoms. The van der Waals surface area contributed by atoms with E-state index in [0.29, 0.717) is 28.5 Å². The summed E-state index contributed by atoms with van der Waals surface area (Å²) in [4.78, 5) is 20.1. The Morgan fingerprint density at radius 1 is 1.15 bits per heavy atom. The van der Waals surface area contributed by atoms with Gasteiger partial charge in [-0.15, -0.1) is 0 Å². The molecule has 0 bridgehead atoms. The van der Waals surface area contributed by atoms with Gasteiger partial charge in [0.2, 0.25) is 17.6 Å². The van der Waals surface area contributed by atoms with E-state index >= 15 is 0 Å². The summed E-state index contributed by atoms with van der Waals surface area (Å²) in [5.41, 5.74) is 1.76. The third-order valence-corrected chi connectivity index (χ3v) is 3.66. The highest BCUT2D eigenvalue weighted by molar-refractivity contribution is 5.91. The standard InChI is InChI=1S/C18H15F3N4O2/c19-18(20,21)8-7-15(26)23-14-6-2-1-4-12(14)10-16-24-17(25-27-16)13-5-3-9-22-11-13/h1-6,9,11H,7-8,10H2,(H,23,26). The molecule has 9 heteroatoms. The smallest absolute Gasteiger partial charge is 0.339 e. The van der Waals surface area contributed by atoms with E-state index in [1.54, 1.807) is 48.8 Å². The number of hydrogen-bond donors (Lipinski definition) is 1. The second-order valence-electron chi connectivity index (χ2n) is 5.75. The van der Waals surface area contributed by atoms with Crippen LogP contribution in [0, 0.1) is 0 Å². The first-order chi connectivity index (χ1) is 12.9. The van der Waals surface area contributed by atoms with Gasteiger partial charge in [-0.05, 0) is 23.8 Å². The summed E-state index contributed by atoms with van der Waals surface area (Å²) in [6.07, 6.45) is -2.72. The predicted octanol–water partition coefficient (Wildman–Crippen LogP) is 4.00. The number of rotatable bonds is 6. The molecule has 0 spiro atoms. The highest BCUT2D eigenvalue weighted by Gasteiger charge is 2.28. The van der Waals surface area contributed by atoms with Gasteiger partial charge in [0.1, 0.15) is 0 Å². The van der Waals surface area contributed by atoms with Crippen LogP contribution < -0.4 is 5.32 Å². The zero-order valence-electron chi connectivity index (χ0n) is 14.0. The largest absolute Gasteiger partial charge is 0.389 e. The minimum Gasteiger partial charge on any atom is -0.339 e. The molecular weight excluding hydrogens is 361 g/mol. The minimum atomic E-state index is -4.37.